The third-order valence-electron chi connectivity index (χ3n) is 2.76. The summed E-state index contributed by atoms with van der Waals surface area (Å²) in [6.45, 7) is 0. The van der Waals surface area contributed by atoms with Gasteiger partial charge in [-0.1, -0.05) is 30.3 Å². The molecule has 0 saturated carbocycles. The van der Waals surface area contributed by atoms with Crippen molar-refractivity contribution in [2.45, 2.75) is 0 Å². The Labute approximate surface area is 120 Å². The second-order valence-corrected chi connectivity index (χ2v) is 4.20. The van der Waals surface area contributed by atoms with E-state index in [0.29, 0.717) is 11.3 Å². The van der Waals surface area contributed by atoms with E-state index in [1.165, 1.54) is 12.1 Å². The first-order valence-electron chi connectivity index (χ1n) is 6.13. The molecule has 0 aliphatic carbocycles. The Kier molecular flexibility index (Phi) is 4.43. The summed E-state index contributed by atoms with van der Waals surface area (Å²) in [5, 5.41) is 2.66. The maximum absolute atomic E-state index is 12.0. The monoisotopic (exact) mass is 283 g/mol. The number of anilines is 1. The van der Waals surface area contributed by atoms with E-state index in [9.17, 15) is 14.4 Å². The molecule has 0 aliphatic rings. The predicted octanol–water partition coefficient (Wildman–Crippen LogP) is 1.11. The van der Waals surface area contributed by atoms with Gasteiger partial charge in [-0.25, -0.2) is 5.84 Å². The van der Waals surface area contributed by atoms with Crippen LogP contribution in [0.4, 0.5) is 5.69 Å². The molecule has 2 aromatic rings. The smallest absolute Gasteiger partial charge is 0.306 e. The van der Waals surface area contributed by atoms with Crippen LogP contribution in [0.2, 0.25) is 0 Å². The zero-order valence-corrected chi connectivity index (χ0v) is 11.0. The first-order chi connectivity index (χ1) is 10.1. The highest BCUT2D eigenvalue weighted by atomic mass is 16.2. The number of hydrogen-bond acceptors (Lipinski definition) is 4. The number of carbonyl (C=O) groups is 3. The van der Waals surface area contributed by atoms with Gasteiger partial charge in [0.25, 0.3) is 11.7 Å². The lowest BCUT2D eigenvalue weighted by molar-refractivity contribution is -0.117. The number of Topliss-reactive ketones (excluding diaryl/α,β-unsaturated/α-hetero) is 1. The van der Waals surface area contributed by atoms with Crippen LogP contribution in [0.15, 0.2) is 54.6 Å². The Hall–Kier alpha value is -2.99. The lowest BCUT2D eigenvalue weighted by Crippen LogP contribution is -2.36. The number of carbonyl (C=O) groups excluding carboxylic acids is 3. The van der Waals surface area contributed by atoms with Crippen LogP contribution < -0.4 is 16.6 Å². The fraction of sp³-hybridized carbons (Fsp3) is 0. The second-order valence-electron chi connectivity index (χ2n) is 4.20. The highest BCUT2D eigenvalue weighted by Crippen LogP contribution is 2.13. The van der Waals surface area contributed by atoms with Crippen LogP contribution in [0, 0.1) is 0 Å². The molecule has 0 spiro atoms. The van der Waals surface area contributed by atoms with E-state index in [0.717, 1.165) is 0 Å². The molecule has 0 aliphatic heterocycles. The molecule has 0 unspecified atom stereocenters. The summed E-state index contributed by atoms with van der Waals surface area (Å²) in [4.78, 5) is 34.9. The van der Waals surface area contributed by atoms with Gasteiger partial charge in [-0.2, -0.15) is 0 Å². The van der Waals surface area contributed by atoms with E-state index < -0.39 is 11.7 Å². The molecule has 0 aromatic heterocycles. The molecule has 0 atom stereocenters. The van der Waals surface area contributed by atoms with Crippen molar-refractivity contribution < 1.29 is 14.4 Å². The molecule has 0 saturated heterocycles. The highest BCUT2D eigenvalue weighted by Gasteiger charge is 2.15. The normalized spacial score (nSPS) is 9.76. The SMILES string of the molecule is NNC(=O)C(=O)c1cccc(NC(=O)c2ccccc2)c1. The molecule has 21 heavy (non-hydrogen) atoms. The molecule has 0 bridgehead atoms. The molecule has 106 valence electrons. The van der Waals surface area contributed by atoms with Gasteiger partial charge in [-0.3, -0.25) is 19.8 Å². The summed E-state index contributed by atoms with van der Waals surface area (Å²) < 4.78 is 0. The van der Waals surface area contributed by atoms with Crippen LogP contribution in [0.5, 0.6) is 0 Å². The van der Waals surface area contributed by atoms with E-state index in [-0.39, 0.29) is 11.5 Å². The topological polar surface area (TPSA) is 101 Å². The van der Waals surface area contributed by atoms with Gasteiger partial charge in [-0.15, -0.1) is 0 Å². The second kappa shape index (κ2) is 6.44. The Bertz CT molecular complexity index is 684. The van der Waals surface area contributed by atoms with Crippen LogP contribution in [0.1, 0.15) is 20.7 Å². The average molecular weight is 283 g/mol. The molecule has 2 amide bonds. The summed E-state index contributed by atoms with van der Waals surface area (Å²) in [6.07, 6.45) is 0. The number of hydrogen-bond donors (Lipinski definition) is 3. The Morgan fingerprint density at radius 3 is 2.19 bits per heavy atom. The van der Waals surface area contributed by atoms with Crippen LogP contribution >= 0.6 is 0 Å². The van der Waals surface area contributed by atoms with Gasteiger partial charge in [0.2, 0.25) is 0 Å². The van der Waals surface area contributed by atoms with E-state index >= 15 is 0 Å². The van der Waals surface area contributed by atoms with Gasteiger partial charge in [0, 0.05) is 16.8 Å². The maximum Gasteiger partial charge on any atom is 0.306 e. The lowest BCUT2D eigenvalue weighted by Gasteiger charge is -2.06. The van der Waals surface area contributed by atoms with Crippen LogP contribution in [-0.2, 0) is 4.79 Å². The minimum absolute atomic E-state index is 0.142. The Morgan fingerprint density at radius 2 is 1.52 bits per heavy atom. The molecule has 2 rings (SSSR count). The first kappa shape index (κ1) is 14.4. The molecular formula is C15H13N3O3. The van der Waals surface area contributed by atoms with Crippen molar-refractivity contribution in [1.29, 1.82) is 0 Å². The van der Waals surface area contributed by atoms with Gasteiger partial charge in [0.15, 0.2) is 0 Å². The van der Waals surface area contributed by atoms with E-state index in [1.54, 1.807) is 41.8 Å². The Balaban J connectivity index is 2.17. The number of benzene rings is 2. The van der Waals surface area contributed by atoms with E-state index in [4.69, 9.17) is 5.84 Å². The minimum Gasteiger partial charge on any atom is -0.322 e. The van der Waals surface area contributed by atoms with Crippen molar-refractivity contribution in [2.24, 2.45) is 5.84 Å². The number of ketones is 1. The number of rotatable bonds is 4. The van der Waals surface area contributed by atoms with Gasteiger partial charge in [0.05, 0.1) is 0 Å². The Morgan fingerprint density at radius 1 is 0.857 bits per heavy atom. The molecule has 0 heterocycles. The minimum atomic E-state index is -0.915. The predicted molar refractivity (Wildman–Crippen MR) is 77.5 cm³/mol. The van der Waals surface area contributed by atoms with Crippen molar-refractivity contribution in [3.63, 3.8) is 0 Å². The summed E-state index contributed by atoms with van der Waals surface area (Å²) in [5.74, 6) is 2.93. The third-order valence-corrected chi connectivity index (χ3v) is 2.76. The van der Waals surface area contributed by atoms with E-state index in [1.807, 2.05) is 6.07 Å². The number of nitrogens with two attached hydrogens (primary N) is 1. The quantitative estimate of drug-likeness (QED) is 0.257. The summed E-state index contributed by atoms with van der Waals surface area (Å²) in [6, 6.07) is 14.7. The van der Waals surface area contributed by atoms with Gasteiger partial charge < -0.3 is 5.32 Å². The molecule has 6 nitrogen and oxygen atoms in total. The van der Waals surface area contributed by atoms with Crippen molar-refractivity contribution in [2.75, 3.05) is 5.32 Å². The lowest BCUT2D eigenvalue weighted by atomic mass is 10.1. The van der Waals surface area contributed by atoms with Crippen molar-refractivity contribution >= 4 is 23.3 Å². The number of amides is 2. The van der Waals surface area contributed by atoms with E-state index in [2.05, 4.69) is 5.32 Å². The van der Waals surface area contributed by atoms with Crippen LogP contribution in [0.25, 0.3) is 0 Å². The molecular weight excluding hydrogens is 270 g/mol. The molecule has 2 aromatic carbocycles. The van der Waals surface area contributed by atoms with Gasteiger partial charge in [-0.05, 0) is 24.3 Å². The average Bonchev–Trinajstić information content (AvgIpc) is 2.54. The highest BCUT2D eigenvalue weighted by molar-refractivity contribution is 6.42. The standard InChI is InChI=1S/C15H13N3O3/c16-18-15(21)13(19)11-7-4-8-12(9-11)17-14(20)10-5-2-1-3-6-10/h1-9H,16H2,(H,17,20)(H,18,21). The van der Waals surface area contributed by atoms with Crippen molar-refractivity contribution in [3.05, 3.63) is 65.7 Å². The summed E-state index contributed by atoms with van der Waals surface area (Å²) in [7, 11) is 0. The number of hydrazine groups is 1. The fourth-order valence-electron chi connectivity index (χ4n) is 1.73. The summed E-state index contributed by atoms with van der Waals surface area (Å²) in [5.41, 5.74) is 2.83. The summed E-state index contributed by atoms with van der Waals surface area (Å²) >= 11 is 0. The largest absolute Gasteiger partial charge is 0.322 e. The van der Waals surface area contributed by atoms with Crippen molar-refractivity contribution in [3.8, 4) is 0 Å². The van der Waals surface area contributed by atoms with Crippen LogP contribution in [0.3, 0.4) is 0 Å². The molecule has 6 heteroatoms. The van der Waals surface area contributed by atoms with Crippen molar-refractivity contribution in [1.82, 2.24) is 5.43 Å². The maximum atomic E-state index is 12.0. The fourth-order valence-corrected chi connectivity index (χ4v) is 1.73. The molecule has 0 fully saturated rings. The molecule has 4 N–H and O–H groups in total. The van der Waals surface area contributed by atoms with Gasteiger partial charge >= 0.3 is 5.91 Å². The van der Waals surface area contributed by atoms with Gasteiger partial charge in [0.1, 0.15) is 0 Å². The zero-order valence-electron chi connectivity index (χ0n) is 11.0. The zero-order chi connectivity index (χ0) is 15.2. The third kappa shape index (κ3) is 3.52. The molecule has 0 radical (unpaired) electrons. The number of nitrogens with one attached hydrogen (secondary N) is 2. The van der Waals surface area contributed by atoms with Crippen LogP contribution in [-0.4, -0.2) is 17.6 Å². The first-order valence-corrected chi connectivity index (χ1v) is 6.13.